The quantitative estimate of drug-likeness (QED) is 0.176. The highest BCUT2D eigenvalue weighted by Crippen LogP contribution is 2.38. The molecule has 0 spiro atoms. The van der Waals surface area contributed by atoms with E-state index in [9.17, 15) is 65.4 Å². The highest BCUT2D eigenvalue weighted by molar-refractivity contribution is 5.88. The van der Waals surface area contributed by atoms with E-state index in [2.05, 4.69) is 10.3 Å². The molecule has 444 valence electrons. The summed E-state index contributed by atoms with van der Waals surface area (Å²) in [5.41, 5.74) is 7.62. The Hall–Kier alpha value is -5.21. The SMILES string of the molecule is COC(=O)[C@@H](Cc1c[nH]c2ccccc12)NC(=O)[C@H]1[C@@H]2C[C@@H](O[C@@H]3O[C@H](C)[C@@H](O)[C@H](N)[C@@H]3O)/C=C/C=C/C=C/C=C/C=C/C=C/C=C/[C@H](C)[C@@H](O)[C@@H](C)[C@H](C)OC(=O)C[C@H](O)C[C@H](O)CC[C@@H](O)[C@H](O)C[C@H](O)C[C@](O)(C[C@@H]1O)O2. The molecule has 1 aromatic heterocycles. The van der Waals surface area contributed by atoms with Crippen LogP contribution in [0, 0.1) is 17.8 Å². The number of fused-ring (bicyclic) bond motifs is 3. The number of esters is 2. The number of H-pyrrole nitrogens is 1. The Morgan fingerprint density at radius 1 is 0.738 bits per heavy atom. The zero-order valence-corrected chi connectivity index (χ0v) is 46.1. The molecule has 1 amide bonds. The molecule has 0 unspecified atom stereocenters. The molecule has 80 heavy (non-hydrogen) atoms. The standard InChI is InChI=1S/C59H85N3O18/c1-34-20-16-14-12-10-8-6-7-9-11-13-15-17-21-42(79-58-55(72)52(60)54(71)37(4)78-58)30-49-51(56(73)62-45(57(74)76-5)26-38-33-61-44-23-19-18-22-43(38)44)48(68)32-59(75,80-49)31-41(65)28-47(67)46(66)25-24-39(63)27-40(64)29-50(69)77-36(3)35(2)53(34)70/h6-23,33-37,39-42,45-49,51-55,58,61,63-68,70-72,75H,24-32,60H2,1-5H3,(H,62,73)/b7-6+,10-8+,11-9+,14-12+,15-13+,20-16+,21-17+/t34-,35-,36-,37+,39+,40+,41-,42-,45+,46+,47+,48-,49-,51+,52-,53+,54+,55-,58-,59+/m0/s1. The largest absolute Gasteiger partial charge is 0.467 e. The summed E-state index contributed by atoms with van der Waals surface area (Å²) in [6, 6.07) is 4.88. The van der Waals surface area contributed by atoms with Gasteiger partial charge in [0.1, 0.15) is 18.2 Å². The van der Waals surface area contributed by atoms with Gasteiger partial charge in [-0.15, -0.1) is 0 Å². The first-order valence-electron chi connectivity index (χ1n) is 27.4. The predicted octanol–water partition coefficient (Wildman–Crippen LogP) is 2.01. The number of rotatable bonds is 7. The van der Waals surface area contributed by atoms with Crippen LogP contribution >= 0.6 is 0 Å². The highest BCUT2D eigenvalue weighted by Gasteiger charge is 2.51. The molecule has 4 heterocycles. The number of aliphatic hydroxyl groups is 10. The summed E-state index contributed by atoms with van der Waals surface area (Å²) in [5, 5.41) is 115. The number of allylic oxidation sites excluding steroid dienone is 12. The Labute approximate surface area is 467 Å². The van der Waals surface area contributed by atoms with Crippen LogP contribution in [0.1, 0.15) is 84.6 Å². The summed E-state index contributed by atoms with van der Waals surface area (Å²) in [6.45, 7) is 6.75. The van der Waals surface area contributed by atoms with E-state index in [1.165, 1.54) is 6.92 Å². The third-order valence-corrected chi connectivity index (χ3v) is 14.9. The maximum atomic E-state index is 14.6. The molecule has 2 saturated heterocycles. The molecule has 2 bridgehead atoms. The second-order valence-corrected chi connectivity index (χ2v) is 21.4. The fourth-order valence-electron chi connectivity index (χ4n) is 10.1. The smallest absolute Gasteiger partial charge is 0.328 e. The van der Waals surface area contributed by atoms with Gasteiger partial charge < -0.3 is 90.8 Å². The van der Waals surface area contributed by atoms with Gasteiger partial charge in [0.25, 0.3) is 0 Å². The number of benzene rings is 1. The van der Waals surface area contributed by atoms with Gasteiger partial charge in [-0.25, -0.2) is 4.79 Å². The number of hydrogen-bond acceptors (Lipinski definition) is 19. The van der Waals surface area contributed by atoms with Gasteiger partial charge in [-0.1, -0.05) is 117 Å². The zero-order chi connectivity index (χ0) is 58.7. The van der Waals surface area contributed by atoms with Crippen molar-refractivity contribution in [1.29, 1.82) is 0 Å². The van der Waals surface area contributed by atoms with Crippen molar-refractivity contribution < 1.29 is 89.1 Å². The van der Waals surface area contributed by atoms with E-state index in [-0.39, 0.29) is 38.0 Å². The van der Waals surface area contributed by atoms with E-state index in [4.69, 9.17) is 29.4 Å². The van der Waals surface area contributed by atoms with E-state index in [1.54, 1.807) is 86.9 Å². The molecule has 21 nitrogen and oxygen atoms in total. The second kappa shape index (κ2) is 31.9. The number of aliphatic hydroxyl groups excluding tert-OH is 9. The average Bonchev–Trinajstić information content (AvgIpc) is 3.81. The molecule has 2 aromatic rings. The zero-order valence-electron chi connectivity index (χ0n) is 46.1. The topological polar surface area (TPSA) is 354 Å². The molecule has 21 heteroatoms. The van der Waals surface area contributed by atoms with Crippen LogP contribution in [0.3, 0.4) is 0 Å². The van der Waals surface area contributed by atoms with Gasteiger partial charge in [-0.2, -0.15) is 0 Å². The lowest BCUT2D eigenvalue weighted by Crippen LogP contribution is -2.62. The molecule has 1 aromatic carbocycles. The monoisotopic (exact) mass is 1120 g/mol. The summed E-state index contributed by atoms with van der Waals surface area (Å²) < 4.78 is 29.1. The van der Waals surface area contributed by atoms with Gasteiger partial charge in [0.05, 0.1) is 92.6 Å². The van der Waals surface area contributed by atoms with E-state index in [1.807, 2.05) is 49.4 Å². The van der Waals surface area contributed by atoms with Gasteiger partial charge in [-0.05, 0) is 44.7 Å². The molecule has 20 atom stereocenters. The molecular weight excluding hydrogens is 1040 g/mol. The van der Waals surface area contributed by atoms with Crippen molar-refractivity contribution in [3.63, 3.8) is 0 Å². The molecule has 2 fully saturated rings. The second-order valence-electron chi connectivity index (χ2n) is 21.4. The molecular formula is C59H85N3O18. The number of para-hydroxylation sites is 1. The summed E-state index contributed by atoms with van der Waals surface area (Å²) in [7, 11) is 1.16. The van der Waals surface area contributed by atoms with Gasteiger partial charge in [-0.3, -0.25) is 9.59 Å². The van der Waals surface area contributed by atoms with Crippen LogP contribution in [0.25, 0.3) is 10.9 Å². The molecule has 0 radical (unpaired) electrons. The number of carbonyl (C=O) groups is 3. The van der Waals surface area contributed by atoms with Crippen molar-refractivity contribution in [2.24, 2.45) is 23.5 Å². The number of nitrogens with two attached hydrogens (primary N) is 1. The number of aromatic nitrogens is 1. The summed E-state index contributed by atoms with van der Waals surface area (Å²) in [6.07, 6.45) is 4.53. The molecule has 0 saturated carbocycles. The summed E-state index contributed by atoms with van der Waals surface area (Å²) in [5.74, 6) is -7.11. The van der Waals surface area contributed by atoms with Gasteiger partial charge >= 0.3 is 11.9 Å². The molecule has 14 N–H and O–H groups in total. The van der Waals surface area contributed by atoms with Crippen molar-refractivity contribution in [2.45, 2.75) is 189 Å². The lowest BCUT2D eigenvalue weighted by atomic mass is 9.82. The number of hydrogen-bond donors (Lipinski definition) is 13. The lowest BCUT2D eigenvalue weighted by Gasteiger charge is -2.46. The fourth-order valence-corrected chi connectivity index (χ4v) is 10.1. The first-order chi connectivity index (χ1) is 38.0. The summed E-state index contributed by atoms with van der Waals surface area (Å²) in [4.78, 5) is 43.8. The van der Waals surface area contributed by atoms with Crippen LogP contribution in [-0.4, -0.2) is 185 Å². The Morgan fingerprint density at radius 2 is 1.36 bits per heavy atom. The predicted molar refractivity (Wildman–Crippen MR) is 295 cm³/mol. The van der Waals surface area contributed by atoms with Crippen molar-refractivity contribution >= 4 is 28.7 Å². The number of aromatic amines is 1. The van der Waals surface area contributed by atoms with Crippen LogP contribution in [0.2, 0.25) is 0 Å². The minimum atomic E-state index is -2.40. The first-order valence-corrected chi connectivity index (χ1v) is 27.4. The molecule has 3 aliphatic rings. The number of nitrogens with one attached hydrogen (secondary N) is 2. The van der Waals surface area contributed by atoms with Crippen LogP contribution < -0.4 is 11.1 Å². The van der Waals surface area contributed by atoms with E-state index < -0.39 is 159 Å². The van der Waals surface area contributed by atoms with E-state index in [0.29, 0.717) is 5.56 Å². The molecule has 3 aliphatic heterocycles. The number of methoxy groups -OCH3 is 1. The number of carbonyl (C=O) groups excluding carboxylic acids is 3. The average molecular weight is 1120 g/mol. The Bertz CT molecular complexity index is 2470. The Kier molecular flexibility index (Phi) is 26.1. The van der Waals surface area contributed by atoms with Crippen LogP contribution in [0.4, 0.5) is 0 Å². The van der Waals surface area contributed by atoms with Gasteiger partial charge in [0, 0.05) is 61.0 Å². The Morgan fingerprint density at radius 3 is 2.01 bits per heavy atom. The number of amides is 1. The maximum absolute atomic E-state index is 14.6. The van der Waals surface area contributed by atoms with E-state index >= 15 is 0 Å². The summed E-state index contributed by atoms with van der Waals surface area (Å²) >= 11 is 0. The number of cyclic esters (lactones) is 1. The van der Waals surface area contributed by atoms with Crippen LogP contribution in [0.15, 0.2) is 116 Å². The van der Waals surface area contributed by atoms with Crippen LogP contribution in [-0.2, 0) is 44.5 Å². The van der Waals surface area contributed by atoms with Gasteiger partial charge in [0.15, 0.2) is 12.1 Å². The Balaban J connectivity index is 1.44. The third-order valence-electron chi connectivity index (χ3n) is 14.9. The van der Waals surface area contributed by atoms with Crippen LogP contribution in [0.5, 0.6) is 0 Å². The highest BCUT2D eigenvalue weighted by atomic mass is 16.7. The first kappa shape index (κ1) is 65.6. The third kappa shape index (κ3) is 19.8. The molecule has 5 rings (SSSR count). The fraction of sp³-hybridized carbons (Fsp3) is 0.576. The van der Waals surface area contributed by atoms with Crippen molar-refractivity contribution in [2.75, 3.05) is 7.11 Å². The van der Waals surface area contributed by atoms with Crippen molar-refractivity contribution in [3.05, 3.63) is 121 Å². The van der Waals surface area contributed by atoms with Gasteiger partial charge in [0.2, 0.25) is 5.91 Å². The minimum absolute atomic E-state index is 0.0259. The maximum Gasteiger partial charge on any atom is 0.328 e. The van der Waals surface area contributed by atoms with Crippen molar-refractivity contribution in [1.82, 2.24) is 10.3 Å². The normalized spacial score (nSPS) is 39.5. The van der Waals surface area contributed by atoms with Crippen molar-refractivity contribution in [3.8, 4) is 0 Å². The molecule has 0 aliphatic carbocycles. The number of ether oxygens (including phenoxy) is 5. The van der Waals surface area contributed by atoms with E-state index in [0.717, 1.165) is 18.0 Å². The minimum Gasteiger partial charge on any atom is -0.467 e. The lowest BCUT2D eigenvalue weighted by molar-refractivity contribution is -0.307.